The summed E-state index contributed by atoms with van der Waals surface area (Å²) in [6.45, 7) is 7.04. The molecule has 2 aromatic rings. The Labute approximate surface area is 187 Å². The van der Waals surface area contributed by atoms with Crippen LogP contribution >= 0.6 is 11.8 Å². The van der Waals surface area contributed by atoms with Gasteiger partial charge >= 0.3 is 0 Å². The summed E-state index contributed by atoms with van der Waals surface area (Å²) in [6.07, 6.45) is 5.98. The van der Waals surface area contributed by atoms with E-state index in [-0.39, 0.29) is 17.3 Å². The predicted molar refractivity (Wildman–Crippen MR) is 129 cm³/mol. The molecule has 0 unspecified atom stereocenters. The van der Waals surface area contributed by atoms with Crippen LogP contribution in [0.3, 0.4) is 0 Å². The maximum atomic E-state index is 12.7. The first-order valence-electron chi connectivity index (χ1n) is 10.7. The summed E-state index contributed by atoms with van der Waals surface area (Å²) in [7, 11) is 0. The van der Waals surface area contributed by atoms with Crippen LogP contribution in [-0.4, -0.2) is 31.5 Å². The van der Waals surface area contributed by atoms with Gasteiger partial charge < -0.3 is 4.57 Å². The van der Waals surface area contributed by atoms with E-state index in [9.17, 15) is 4.79 Å². The molecule has 160 valence electrons. The van der Waals surface area contributed by atoms with Gasteiger partial charge in [-0.15, -0.1) is 0 Å². The van der Waals surface area contributed by atoms with Gasteiger partial charge in [-0.25, -0.2) is 0 Å². The Balaban J connectivity index is 1.59. The van der Waals surface area contributed by atoms with Gasteiger partial charge in [-0.1, -0.05) is 50.1 Å². The number of hydrogen-bond acceptors (Lipinski definition) is 4. The Hall–Kier alpha value is -2.93. The van der Waals surface area contributed by atoms with E-state index in [2.05, 4.69) is 46.7 Å². The zero-order chi connectivity index (χ0) is 22.0. The lowest BCUT2D eigenvalue weighted by atomic mass is 10.1. The van der Waals surface area contributed by atoms with Crippen LogP contribution in [0.15, 0.2) is 52.1 Å². The number of hydrogen-bond donors (Lipinski definition) is 1. The molecule has 1 amide bonds. The number of carbonyl (C=O) groups is 1. The second-order valence-electron chi connectivity index (χ2n) is 7.87. The molecule has 2 aliphatic heterocycles. The standard InChI is InChI=1S/C24H27N5OS/c1-4-5-7-12-21-27-29-22(25)20(23(30)26-24(29)31-21)14-19-13-16(2)28(17(19)3)15-18-10-8-6-9-11-18/h6,8-11,13-14,25H,4-5,7,12,15H2,1-3H3. The Morgan fingerprint density at radius 1 is 1.16 bits per heavy atom. The highest BCUT2D eigenvalue weighted by Gasteiger charge is 2.35. The predicted octanol–water partition coefficient (Wildman–Crippen LogP) is 5.35. The quantitative estimate of drug-likeness (QED) is 0.472. The molecular weight excluding hydrogens is 406 g/mol. The van der Waals surface area contributed by atoms with E-state index in [4.69, 9.17) is 5.41 Å². The first kappa shape index (κ1) is 21.3. The highest BCUT2D eigenvalue weighted by atomic mass is 32.2. The molecular formula is C24H27N5OS. The van der Waals surface area contributed by atoms with Crippen LogP contribution in [0, 0.1) is 19.3 Å². The van der Waals surface area contributed by atoms with Crippen molar-refractivity contribution in [1.29, 1.82) is 5.41 Å². The maximum absolute atomic E-state index is 12.7. The molecule has 0 atom stereocenters. The van der Waals surface area contributed by atoms with Crippen LogP contribution in [0.25, 0.3) is 6.08 Å². The summed E-state index contributed by atoms with van der Waals surface area (Å²) in [5.41, 5.74) is 4.60. The third-order valence-electron chi connectivity index (χ3n) is 5.59. The van der Waals surface area contributed by atoms with Crippen LogP contribution in [0.4, 0.5) is 0 Å². The van der Waals surface area contributed by atoms with E-state index < -0.39 is 0 Å². The summed E-state index contributed by atoms with van der Waals surface area (Å²) in [5, 5.41) is 16.1. The molecule has 2 aliphatic rings. The molecule has 0 radical (unpaired) electrons. The van der Waals surface area contributed by atoms with Gasteiger partial charge in [0.2, 0.25) is 5.17 Å². The monoisotopic (exact) mass is 433 g/mol. The molecule has 0 spiro atoms. The second-order valence-corrected chi connectivity index (χ2v) is 8.91. The molecule has 0 aliphatic carbocycles. The fraction of sp³-hybridized carbons (Fsp3) is 0.333. The number of amidine groups is 2. The maximum Gasteiger partial charge on any atom is 0.283 e. The Morgan fingerprint density at radius 3 is 2.68 bits per heavy atom. The molecule has 0 saturated heterocycles. The van der Waals surface area contributed by atoms with Crippen LogP contribution in [0.1, 0.15) is 55.1 Å². The average Bonchev–Trinajstić information content (AvgIpc) is 3.28. The lowest BCUT2D eigenvalue weighted by Gasteiger charge is -2.20. The number of fused-ring (bicyclic) bond motifs is 1. The SMILES string of the molecule is CCCCCC1=NN2C(=N)C(=Cc3cc(C)n(Cc4ccccc4)c3C)C(=O)N=C2S1. The van der Waals surface area contributed by atoms with Gasteiger partial charge in [-0.2, -0.15) is 15.1 Å². The number of rotatable bonds is 7. The molecule has 0 fully saturated rings. The fourth-order valence-corrected chi connectivity index (χ4v) is 4.72. The first-order valence-corrected chi connectivity index (χ1v) is 11.5. The van der Waals surface area contributed by atoms with Crippen LogP contribution < -0.4 is 0 Å². The van der Waals surface area contributed by atoms with Crippen molar-refractivity contribution in [3.8, 4) is 0 Å². The fourth-order valence-electron chi connectivity index (χ4n) is 3.80. The topological polar surface area (TPSA) is 73.8 Å². The molecule has 1 aromatic heterocycles. The molecule has 0 saturated carbocycles. The number of benzene rings is 1. The van der Waals surface area contributed by atoms with E-state index in [0.29, 0.717) is 5.17 Å². The third-order valence-corrected chi connectivity index (χ3v) is 6.55. The van der Waals surface area contributed by atoms with Gasteiger partial charge in [-0.3, -0.25) is 10.2 Å². The zero-order valence-electron chi connectivity index (χ0n) is 18.2. The van der Waals surface area contributed by atoms with Crippen LogP contribution in [0.5, 0.6) is 0 Å². The van der Waals surface area contributed by atoms with E-state index >= 15 is 0 Å². The van der Waals surface area contributed by atoms with Crippen molar-refractivity contribution in [1.82, 2.24) is 9.58 Å². The van der Waals surface area contributed by atoms with Crippen molar-refractivity contribution >= 4 is 39.8 Å². The molecule has 31 heavy (non-hydrogen) atoms. The molecule has 6 nitrogen and oxygen atoms in total. The number of carbonyl (C=O) groups excluding carboxylic acids is 1. The molecule has 4 rings (SSSR count). The number of nitrogens with zero attached hydrogens (tertiary/aromatic N) is 4. The van der Waals surface area contributed by atoms with Crippen molar-refractivity contribution in [3.05, 3.63) is 64.5 Å². The minimum atomic E-state index is -0.373. The normalized spacial score (nSPS) is 17.3. The second kappa shape index (κ2) is 9.06. The van der Waals surface area contributed by atoms with Crippen molar-refractivity contribution in [2.75, 3.05) is 0 Å². The Kier molecular flexibility index (Phi) is 6.23. The number of aliphatic imine (C=N–C) groups is 1. The van der Waals surface area contributed by atoms with E-state index in [1.165, 1.54) is 22.3 Å². The number of aromatic nitrogens is 1. The van der Waals surface area contributed by atoms with Gasteiger partial charge in [-0.05, 0) is 61.7 Å². The first-order chi connectivity index (χ1) is 15.0. The van der Waals surface area contributed by atoms with E-state index in [1.54, 1.807) is 6.08 Å². The summed E-state index contributed by atoms with van der Waals surface area (Å²) < 4.78 is 2.23. The number of thioether (sulfide) groups is 1. The number of unbranched alkanes of at least 4 members (excludes halogenated alkanes) is 2. The minimum absolute atomic E-state index is 0.0980. The molecule has 3 heterocycles. The third kappa shape index (κ3) is 4.42. The van der Waals surface area contributed by atoms with Crippen molar-refractivity contribution in [2.45, 2.75) is 53.0 Å². The minimum Gasteiger partial charge on any atom is -0.344 e. The van der Waals surface area contributed by atoms with Gasteiger partial charge in [0.25, 0.3) is 5.91 Å². The summed E-state index contributed by atoms with van der Waals surface area (Å²) in [6, 6.07) is 12.4. The number of amides is 1. The van der Waals surface area contributed by atoms with Crippen molar-refractivity contribution in [2.24, 2.45) is 10.1 Å². The number of aryl methyl sites for hydroxylation is 1. The lowest BCUT2D eigenvalue weighted by Crippen LogP contribution is -2.35. The Bertz CT molecular complexity index is 1110. The number of nitrogens with one attached hydrogen (secondary N) is 1. The molecule has 1 aromatic carbocycles. The van der Waals surface area contributed by atoms with E-state index in [1.807, 2.05) is 25.1 Å². The van der Waals surface area contributed by atoms with Gasteiger partial charge in [0.05, 0.1) is 5.57 Å². The largest absolute Gasteiger partial charge is 0.344 e. The smallest absolute Gasteiger partial charge is 0.283 e. The molecule has 0 bridgehead atoms. The van der Waals surface area contributed by atoms with Gasteiger partial charge in [0.15, 0.2) is 5.84 Å². The van der Waals surface area contributed by atoms with Crippen molar-refractivity contribution in [3.63, 3.8) is 0 Å². The summed E-state index contributed by atoms with van der Waals surface area (Å²) in [4.78, 5) is 16.9. The number of hydrazone groups is 1. The average molecular weight is 434 g/mol. The van der Waals surface area contributed by atoms with Crippen LogP contribution in [0.2, 0.25) is 0 Å². The van der Waals surface area contributed by atoms with Crippen LogP contribution in [-0.2, 0) is 11.3 Å². The highest BCUT2D eigenvalue weighted by molar-refractivity contribution is 8.26. The lowest BCUT2D eigenvalue weighted by molar-refractivity contribution is -0.114. The summed E-state index contributed by atoms with van der Waals surface area (Å²) in [5.74, 6) is -0.275. The molecule has 1 N–H and O–H groups in total. The molecule has 7 heteroatoms. The highest BCUT2D eigenvalue weighted by Crippen LogP contribution is 2.30. The van der Waals surface area contributed by atoms with Gasteiger partial charge in [0, 0.05) is 17.9 Å². The summed E-state index contributed by atoms with van der Waals surface area (Å²) >= 11 is 1.40. The van der Waals surface area contributed by atoms with E-state index in [0.717, 1.165) is 54.2 Å². The van der Waals surface area contributed by atoms with Gasteiger partial charge in [0.1, 0.15) is 5.04 Å². The zero-order valence-corrected chi connectivity index (χ0v) is 19.0. The van der Waals surface area contributed by atoms with Crippen molar-refractivity contribution < 1.29 is 4.79 Å². The Morgan fingerprint density at radius 2 is 1.94 bits per heavy atom.